The van der Waals surface area contributed by atoms with Crippen LogP contribution < -0.4 is 0 Å². The van der Waals surface area contributed by atoms with Gasteiger partial charge >= 0.3 is 11.9 Å². The molecule has 0 N–H and O–H groups in total. The van der Waals surface area contributed by atoms with Crippen LogP contribution in [0.1, 0.15) is 64.2 Å². The molecule has 0 amide bonds. The minimum absolute atomic E-state index is 0.0882. The lowest BCUT2D eigenvalue weighted by atomic mass is 9.69. The largest absolute Gasteiger partial charge is 0.457 e. The highest BCUT2D eigenvalue weighted by molar-refractivity contribution is 5.85. The number of carbonyl (C=O) groups excluding carboxylic acids is 2. The Kier molecular flexibility index (Phi) is 3.38. The van der Waals surface area contributed by atoms with Crippen LogP contribution in [0.2, 0.25) is 0 Å². The second-order valence-electron chi connectivity index (χ2n) is 9.57. The molecule has 8 unspecified atom stereocenters. The van der Waals surface area contributed by atoms with Gasteiger partial charge in [0.1, 0.15) is 12.2 Å². The number of fused-ring (bicyclic) bond motifs is 8. The molecule has 1 heterocycles. The van der Waals surface area contributed by atoms with Gasteiger partial charge in [0.05, 0.1) is 11.8 Å². The molecule has 5 aliphatic carbocycles. The monoisotopic (exact) mass is 356 g/mol. The van der Waals surface area contributed by atoms with Gasteiger partial charge in [0.25, 0.3) is 0 Å². The van der Waals surface area contributed by atoms with E-state index >= 15 is 0 Å². The van der Waals surface area contributed by atoms with Crippen LogP contribution in [0, 0.1) is 35.5 Å². The van der Waals surface area contributed by atoms with E-state index in [1.807, 2.05) is 0 Å². The number of allylic oxidation sites excluding steroid dienone is 1. The normalized spacial score (nSPS) is 49.4. The van der Waals surface area contributed by atoms with Gasteiger partial charge < -0.3 is 9.47 Å². The molecule has 0 aromatic heterocycles. The molecule has 8 atom stereocenters. The fourth-order valence-electron chi connectivity index (χ4n) is 7.82. The van der Waals surface area contributed by atoms with Crippen molar-refractivity contribution in [1.29, 1.82) is 0 Å². The van der Waals surface area contributed by atoms with E-state index in [2.05, 4.69) is 0 Å². The van der Waals surface area contributed by atoms with E-state index in [1.54, 1.807) is 0 Å². The molecule has 2 bridgehead atoms. The Balaban J connectivity index is 1.41. The molecule has 0 aromatic carbocycles. The van der Waals surface area contributed by atoms with Crippen molar-refractivity contribution >= 4 is 11.9 Å². The molecule has 0 aromatic rings. The zero-order valence-electron chi connectivity index (χ0n) is 15.3. The molecule has 4 heteroatoms. The second-order valence-corrected chi connectivity index (χ2v) is 9.57. The van der Waals surface area contributed by atoms with Crippen LogP contribution >= 0.6 is 0 Å². The first-order valence-electron chi connectivity index (χ1n) is 10.8. The first kappa shape index (κ1) is 15.7. The predicted octanol–water partition coefficient (Wildman–Crippen LogP) is 3.79. The molecule has 0 spiro atoms. The van der Waals surface area contributed by atoms with Gasteiger partial charge in [-0.2, -0.15) is 0 Å². The lowest BCUT2D eigenvalue weighted by molar-refractivity contribution is -0.166. The van der Waals surface area contributed by atoms with Crippen molar-refractivity contribution in [2.45, 2.75) is 76.4 Å². The molecule has 140 valence electrons. The Bertz CT molecular complexity index is 640. The zero-order chi connectivity index (χ0) is 17.4. The van der Waals surface area contributed by atoms with Crippen LogP contribution in [-0.2, 0) is 19.1 Å². The molecule has 1 saturated heterocycles. The second kappa shape index (κ2) is 5.59. The highest BCUT2D eigenvalue weighted by atomic mass is 16.6. The topological polar surface area (TPSA) is 52.6 Å². The molecule has 4 nitrogen and oxygen atoms in total. The molecule has 6 aliphatic rings. The summed E-state index contributed by atoms with van der Waals surface area (Å²) in [5.41, 5.74) is 2.57. The van der Waals surface area contributed by atoms with Crippen molar-refractivity contribution in [3.63, 3.8) is 0 Å². The van der Waals surface area contributed by atoms with Crippen LogP contribution in [0.4, 0.5) is 0 Å². The van der Waals surface area contributed by atoms with Gasteiger partial charge in [-0.05, 0) is 81.5 Å². The quantitative estimate of drug-likeness (QED) is 0.489. The summed E-state index contributed by atoms with van der Waals surface area (Å²) in [7, 11) is 0. The highest BCUT2D eigenvalue weighted by Gasteiger charge is 2.64. The highest BCUT2D eigenvalue weighted by Crippen LogP contribution is 2.64. The Morgan fingerprint density at radius 1 is 0.654 bits per heavy atom. The summed E-state index contributed by atoms with van der Waals surface area (Å²) in [4.78, 5) is 26.5. The number of carbonyl (C=O) groups is 2. The lowest BCUT2D eigenvalue weighted by Gasteiger charge is -2.35. The molecule has 6 rings (SSSR count). The average molecular weight is 356 g/mol. The molecule has 1 aliphatic heterocycles. The van der Waals surface area contributed by atoms with Crippen molar-refractivity contribution < 1.29 is 19.1 Å². The van der Waals surface area contributed by atoms with E-state index < -0.39 is 0 Å². The molecule has 3 saturated carbocycles. The van der Waals surface area contributed by atoms with Crippen LogP contribution in [0.3, 0.4) is 0 Å². The van der Waals surface area contributed by atoms with Crippen molar-refractivity contribution in [2.24, 2.45) is 35.5 Å². The summed E-state index contributed by atoms with van der Waals surface area (Å²) in [6.45, 7) is 0. The maximum absolute atomic E-state index is 13.2. The third-order valence-electron chi connectivity index (χ3n) is 8.63. The SMILES string of the molecule is O=C1OC2CCCC3=C2C(CCC3)OC(=O)C2C3CC(C4CCCC43)C12. The average Bonchev–Trinajstić information content (AvgIpc) is 3.33. The van der Waals surface area contributed by atoms with Gasteiger partial charge in [0.15, 0.2) is 0 Å². The maximum Gasteiger partial charge on any atom is 0.310 e. The number of ether oxygens (including phenoxy) is 2. The Morgan fingerprint density at radius 3 is 1.73 bits per heavy atom. The van der Waals surface area contributed by atoms with Crippen LogP contribution in [0.25, 0.3) is 0 Å². The summed E-state index contributed by atoms with van der Waals surface area (Å²) >= 11 is 0. The Labute approximate surface area is 154 Å². The molecular formula is C22H28O4. The van der Waals surface area contributed by atoms with Gasteiger partial charge in [0.2, 0.25) is 0 Å². The summed E-state index contributed by atoms with van der Waals surface area (Å²) in [5, 5.41) is 0. The van der Waals surface area contributed by atoms with Crippen molar-refractivity contribution in [3.8, 4) is 0 Å². The smallest absolute Gasteiger partial charge is 0.310 e. The van der Waals surface area contributed by atoms with E-state index in [4.69, 9.17) is 9.47 Å². The first-order chi connectivity index (χ1) is 12.7. The van der Waals surface area contributed by atoms with Gasteiger partial charge in [-0.3, -0.25) is 9.59 Å². The minimum atomic E-state index is -0.238. The number of esters is 2. The predicted molar refractivity (Wildman–Crippen MR) is 93.9 cm³/mol. The maximum atomic E-state index is 13.2. The third-order valence-corrected chi connectivity index (χ3v) is 8.63. The summed E-state index contributed by atoms with van der Waals surface area (Å²) < 4.78 is 12.3. The number of rotatable bonds is 0. The fourth-order valence-corrected chi connectivity index (χ4v) is 7.82. The van der Waals surface area contributed by atoms with Crippen molar-refractivity contribution in [1.82, 2.24) is 0 Å². The van der Waals surface area contributed by atoms with E-state index in [0.29, 0.717) is 23.7 Å². The summed E-state index contributed by atoms with van der Waals surface area (Å²) in [5.74, 6) is 1.35. The number of hydrogen-bond donors (Lipinski definition) is 0. The van der Waals surface area contributed by atoms with Crippen LogP contribution in [-0.4, -0.2) is 24.1 Å². The molecule has 26 heavy (non-hydrogen) atoms. The van der Waals surface area contributed by atoms with Gasteiger partial charge in [-0.15, -0.1) is 0 Å². The Hall–Kier alpha value is -1.32. The molecule has 0 radical (unpaired) electrons. The fraction of sp³-hybridized carbons (Fsp3) is 0.818. The van der Waals surface area contributed by atoms with E-state index in [0.717, 1.165) is 50.5 Å². The minimum Gasteiger partial charge on any atom is -0.457 e. The van der Waals surface area contributed by atoms with Crippen molar-refractivity contribution in [3.05, 3.63) is 11.1 Å². The summed E-state index contributed by atoms with van der Waals surface area (Å²) in [6.07, 6.45) is 10.6. The Morgan fingerprint density at radius 2 is 1.19 bits per heavy atom. The van der Waals surface area contributed by atoms with E-state index in [-0.39, 0.29) is 36.0 Å². The number of hydrogen-bond acceptors (Lipinski definition) is 4. The summed E-state index contributed by atoms with van der Waals surface area (Å²) in [6, 6.07) is 0. The van der Waals surface area contributed by atoms with Crippen LogP contribution in [0.15, 0.2) is 11.1 Å². The van der Waals surface area contributed by atoms with E-state index in [9.17, 15) is 9.59 Å². The first-order valence-corrected chi connectivity index (χ1v) is 10.8. The molecular weight excluding hydrogens is 328 g/mol. The standard InChI is InChI=1S/C22H28O4/c23-21-19-14-10-15(13-7-3-6-12(13)14)20(19)22(24)26-17-9-2-5-11-4-1-8-16(25-21)18(11)17/h12-17,19-20H,1-10H2. The zero-order valence-corrected chi connectivity index (χ0v) is 15.3. The van der Waals surface area contributed by atoms with Gasteiger partial charge in [-0.25, -0.2) is 0 Å². The molecule has 4 fully saturated rings. The van der Waals surface area contributed by atoms with Crippen molar-refractivity contribution in [2.75, 3.05) is 0 Å². The third kappa shape index (κ3) is 2.02. The van der Waals surface area contributed by atoms with Gasteiger partial charge in [-0.1, -0.05) is 12.0 Å². The lowest BCUT2D eigenvalue weighted by Crippen LogP contribution is -2.42. The van der Waals surface area contributed by atoms with Crippen LogP contribution in [0.5, 0.6) is 0 Å². The van der Waals surface area contributed by atoms with Gasteiger partial charge in [0, 0.05) is 5.57 Å². The van der Waals surface area contributed by atoms with E-state index in [1.165, 1.54) is 24.8 Å².